The number of ether oxygens (including phenoxy) is 1. The molecule has 8 heteroatoms. The van der Waals surface area contributed by atoms with Crippen LogP contribution in [0.4, 0.5) is 5.69 Å². The summed E-state index contributed by atoms with van der Waals surface area (Å²) in [6, 6.07) is 4.81. The molecule has 34 heavy (non-hydrogen) atoms. The van der Waals surface area contributed by atoms with Crippen molar-refractivity contribution in [1.82, 2.24) is 10.2 Å². The summed E-state index contributed by atoms with van der Waals surface area (Å²) in [6.07, 6.45) is 10.3. The molecule has 2 N–H and O–H groups in total. The number of benzene rings is 1. The van der Waals surface area contributed by atoms with E-state index in [1.807, 2.05) is 25.1 Å². The number of nitrogens with one attached hydrogen (secondary N) is 2. The minimum atomic E-state index is -1.09. The van der Waals surface area contributed by atoms with E-state index in [2.05, 4.69) is 10.6 Å². The highest BCUT2D eigenvalue weighted by Gasteiger charge is 2.74. The summed E-state index contributed by atoms with van der Waals surface area (Å²) in [7, 11) is 0. The van der Waals surface area contributed by atoms with Crippen LogP contribution in [0.2, 0.25) is 5.02 Å². The van der Waals surface area contributed by atoms with Gasteiger partial charge in [0.1, 0.15) is 11.6 Å². The van der Waals surface area contributed by atoms with E-state index >= 15 is 0 Å². The number of rotatable bonds is 5. The molecular weight excluding hydrogens is 454 g/mol. The Kier molecular flexibility index (Phi) is 5.26. The molecule has 2 aliphatic carbocycles. The van der Waals surface area contributed by atoms with Crippen LogP contribution in [0.3, 0.4) is 0 Å². The number of nitrogens with zero attached hydrogens (tertiary/aromatic N) is 1. The molecule has 0 radical (unpaired) electrons. The summed E-state index contributed by atoms with van der Waals surface area (Å²) in [5.41, 5.74) is 0.413. The van der Waals surface area contributed by atoms with Crippen molar-refractivity contribution in [2.45, 2.75) is 81.7 Å². The van der Waals surface area contributed by atoms with Gasteiger partial charge in [-0.1, -0.05) is 49.1 Å². The number of halogens is 1. The van der Waals surface area contributed by atoms with Gasteiger partial charge in [-0.25, -0.2) is 0 Å². The number of likely N-dealkylation sites (tertiary alicyclic amines) is 1. The first-order valence-corrected chi connectivity index (χ1v) is 12.8. The van der Waals surface area contributed by atoms with Crippen LogP contribution in [-0.4, -0.2) is 52.5 Å². The molecule has 180 valence electrons. The van der Waals surface area contributed by atoms with Crippen LogP contribution in [-0.2, 0) is 19.1 Å². The summed E-state index contributed by atoms with van der Waals surface area (Å²) in [5, 5.41) is 6.71. The maximum Gasteiger partial charge on any atom is 0.246 e. The van der Waals surface area contributed by atoms with Crippen LogP contribution in [0.15, 0.2) is 30.4 Å². The lowest BCUT2D eigenvalue weighted by atomic mass is 9.74. The highest BCUT2D eigenvalue weighted by atomic mass is 35.5. The molecule has 5 aliphatic rings. The van der Waals surface area contributed by atoms with Gasteiger partial charge < -0.3 is 20.3 Å². The van der Waals surface area contributed by atoms with E-state index in [-0.39, 0.29) is 29.8 Å². The maximum absolute atomic E-state index is 13.8. The molecule has 3 aliphatic heterocycles. The lowest BCUT2D eigenvalue weighted by Gasteiger charge is -2.34. The lowest BCUT2D eigenvalue weighted by molar-refractivity contribution is -0.142. The summed E-state index contributed by atoms with van der Waals surface area (Å²) < 4.78 is 6.38. The van der Waals surface area contributed by atoms with Gasteiger partial charge in [0, 0.05) is 22.8 Å². The average molecular weight is 484 g/mol. The number of amides is 3. The van der Waals surface area contributed by atoms with E-state index in [9.17, 15) is 14.4 Å². The third kappa shape index (κ3) is 3.39. The maximum atomic E-state index is 13.8. The van der Waals surface area contributed by atoms with Gasteiger partial charge in [-0.3, -0.25) is 14.4 Å². The van der Waals surface area contributed by atoms with Gasteiger partial charge in [0.2, 0.25) is 17.7 Å². The molecule has 0 aromatic heterocycles. The zero-order valence-corrected chi connectivity index (χ0v) is 20.0. The zero-order valence-electron chi connectivity index (χ0n) is 19.3. The smallest absolute Gasteiger partial charge is 0.246 e. The molecule has 7 nitrogen and oxygen atoms in total. The number of carbonyl (C=O) groups excluding carboxylic acids is 3. The van der Waals surface area contributed by atoms with Gasteiger partial charge in [-0.2, -0.15) is 0 Å². The van der Waals surface area contributed by atoms with Crippen molar-refractivity contribution in [3.8, 4) is 0 Å². The minimum Gasteiger partial charge on any atom is -0.359 e. The van der Waals surface area contributed by atoms with Crippen LogP contribution in [0.25, 0.3) is 0 Å². The van der Waals surface area contributed by atoms with Gasteiger partial charge in [-0.05, 0) is 50.3 Å². The number of hydrogen-bond donors (Lipinski definition) is 2. The number of anilines is 1. The number of hydrogen-bond acceptors (Lipinski definition) is 4. The van der Waals surface area contributed by atoms with Crippen LogP contribution in [0, 0.1) is 18.8 Å². The summed E-state index contributed by atoms with van der Waals surface area (Å²) in [6.45, 7) is 1.90. The summed E-state index contributed by atoms with van der Waals surface area (Å²) in [4.78, 5) is 42.6. The average Bonchev–Trinajstić information content (AvgIpc) is 3.41. The molecule has 6 rings (SSSR count). The van der Waals surface area contributed by atoms with Crippen molar-refractivity contribution in [3.05, 3.63) is 40.9 Å². The Bertz CT molecular complexity index is 1080. The molecule has 3 amide bonds. The largest absolute Gasteiger partial charge is 0.359 e. The lowest BCUT2D eigenvalue weighted by Crippen LogP contribution is -2.57. The predicted molar refractivity (Wildman–Crippen MR) is 127 cm³/mol. The molecule has 1 aromatic rings. The standard InChI is InChI=1S/C26H30ClN3O4/c1-14-7-8-16(13-18(14)27)29-23(31)20-19-11-12-26(34-19)21(20)25(33)30(17-9-10-17)22(26)24(32)28-15-5-3-2-4-6-15/h7-8,11-13,15,17,19-22H,2-6,9-10H2,1H3,(H,28,32)(H,29,31)/t19-,20+,21-,22-,26-/m0/s1. The van der Waals surface area contributed by atoms with Crippen molar-refractivity contribution < 1.29 is 19.1 Å². The molecular formula is C26H30ClN3O4. The quantitative estimate of drug-likeness (QED) is 0.629. The van der Waals surface area contributed by atoms with E-state index in [1.54, 1.807) is 17.0 Å². The van der Waals surface area contributed by atoms with Crippen molar-refractivity contribution >= 4 is 35.0 Å². The molecule has 1 spiro atoms. The third-order valence-corrected chi connectivity index (χ3v) is 8.60. The SMILES string of the molecule is Cc1ccc(NC(=O)[C@@H]2[C@@H]3C=C[C@]4(O3)[C@@H]2C(=O)N(C2CC2)[C@H]4C(=O)NC2CCCCC2)cc1Cl. The second-order valence-electron chi connectivity index (χ2n) is 10.5. The van der Waals surface area contributed by atoms with Crippen molar-refractivity contribution in [3.63, 3.8) is 0 Å². The predicted octanol–water partition coefficient (Wildman–Crippen LogP) is 3.35. The molecule has 5 atom stereocenters. The van der Waals surface area contributed by atoms with Crippen LogP contribution in [0.1, 0.15) is 50.5 Å². The molecule has 3 heterocycles. The monoisotopic (exact) mass is 483 g/mol. The summed E-state index contributed by atoms with van der Waals surface area (Å²) in [5.74, 6) is -1.96. The van der Waals surface area contributed by atoms with Crippen molar-refractivity contribution in [2.24, 2.45) is 11.8 Å². The highest BCUT2D eigenvalue weighted by molar-refractivity contribution is 6.31. The minimum absolute atomic E-state index is 0.0465. The summed E-state index contributed by atoms with van der Waals surface area (Å²) >= 11 is 6.23. The number of fused-ring (bicyclic) bond motifs is 1. The Morgan fingerprint density at radius 3 is 2.59 bits per heavy atom. The van der Waals surface area contributed by atoms with Gasteiger partial charge in [0.25, 0.3) is 0 Å². The number of carbonyl (C=O) groups is 3. The van der Waals surface area contributed by atoms with E-state index in [0.29, 0.717) is 10.7 Å². The Morgan fingerprint density at radius 2 is 1.88 bits per heavy atom. The Hall–Kier alpha value is -2.38. The molecule has 1 aromatic carbocycles. The second-order valence-corrected chi connectivity index (χ2v) is 10.9. The van der Waals surface area contributed by atoms with Crippen LogP contribution >= 0.6 is 11.6 Å². The fourth-order valence-electron chi connectivity index (χ4n) is 6.38. The van der Waals surface area contributed by atoms with E-state index in [1.165, 1.54) is 6.42 Å². The van der Waals surface area contributed by atoms with E-state index < -0.39 is 29.6 Å². The Labute approximate surface area is 204 Å². The molecule has 2 saturated carbocycles. The van der Waals surface area contributed by atoms with Crippen LogP contribution < -0.4 is 10.6 Å². The van der Waals surface area contributed by atoms with E-state index in [4.69, 9.17) is 16.3 Å². The molecule has 2 saturated heterocycles. The van der Waals surface area contributed by atoms with Crippen molar-refractivity contribution in [2.75, 3.05) is 5.32 Å². The first-order chi connectivity index (χ1) is 16.4. The topological polar surface area (TPSA) is 87.7 Å². The number of aryl methyl sites for hydroxylation is 1. The zero-order chi connectivity index (χ0) is 23.6. The van der Waals surface area contributed by atoms with E-state index in [0.717, 1.165) is 44.1 Å². The van der Waals surface area contributed by atoms with Gasteiger partial charge in [-0.15, -0.1) is 0 Å². The van der Waals surface area contributed by atoms with Crippen molar-refractivity contribution in [1.29, 1.82) is 0 Å². The Balaban J connectivity index is 1.29. The Morgan fingerprint density at radius 1 is 1.12 bits per heavy atom. The fraction of sp³-hybridized carbons (Fsp3) is 0.577. The molecule has 4 fully saturated rings. The van der Waals surface area contributed by atoms with Gasteiger partial charge >= 0.3 is 0 Å². The first-order valence-electron chi connectivity index (χ1n) is 12.5. The second kappa shape index (κ2) is 8.09. The normalized spacial score (nSPS) is 34.4. The highest BCUT2D eigenvalue weighted by Crippen LogP contribution is 2.57. The molecule has 0 unspecified atom stereocenters. The van der Waals surface area contributed by atoms with Crippen LogP contribution in [0.5, 0.6) is 0 Å². The first kappa shape index (κ1) is 22.1. The van der Waals surface area contributed by atoms with Gasteiger partial charge in [0.15, 0.2) is 0 Å². The third-order valence-electron chi connectivity index (χ3n) is 8.19. The molecule has 2 bridgehead atoms. The van der Waals surface area contributed by atoms with Gasteiger partial charge in [0.05, 0.1) is 17.9 Å². The fourth-order valence-corrected chi connectivity index (χ4v) is 6.56.